The lowest BCUT2D eigenvalue weighted by atomic mass is 9.90. The third-order valence-corrected chi connectivity index (χ3v) is 6.35. The monoisotopic (exact) mass is 462 g/mol. The molecule has 0 spiro atoms. The number of halogens is 1. The Morgan fingerprint density at radius 1 is 1.23 bits per heavy atom. The summed E-state index contributed by atoms with van der Waals surface area (Å²) in [7, 11) is -3.18. The zero-order chi connectivity index (χ0) is 23.8. The fraction of sp³-hybridized carbons (Fsp3) is 0.667. The number of nitriles is 1. The second-order valence-electron chi connectivity index (χ2n) is 7.61. The molecule has 0 bridgehead atoms. The van der Waals surface area contributed by atoms with Crippen LogP contribution in [0.4, 0.5) is 4.39 Å². The fourth-order valence-electron chi connectivity index (χ4n) is 3.20. The molecule has 0 aliphatic carbocycles. The number of hydrogen-bond donors (Lipinski definition) is 3. The van der Waals surface area contributed by atoms with Crippen LogP contribution in [0.5, 0.6) is 0 Å². The molecule has 2 saturated heterocycles. The van der Waals surface area contributed by atoms with Gasteiger partial charge in [0.05, 0.1) is 25.4 Å². The van der Waals surface area contributed by atoms with Crippen molar-refractivity contribution in [2.75, 3.05) is 32.4 Å². The molecule has 0 unspecified atom stereocenters. The third kappa shape index (κ3) is 8.99. The SMILES string of the molecule is CC1(NCC(=O)N2C[C@@H](F)C[C@H]2C#N)CCN(S(C)(=O)=O)CC1.O=C(O)/C=C/C(=O)O. The fourth-order valence-corrected chi connectivity index (χ4v) is 4.05. The van der Waals surface area contributed by atoms with Gasteiger partial charge in [-0.05, 0) is 19.8 Å². The number of likely N-dealkylation sites (tertiary alicyclic amines) is 1. The largest absolute Gasteiger partial charge is 0.478 e. The van der Waals surface area contributed by atoms with Crippen molar-refractivity contribution in [1.82, 2.24) is 14.5 Å². The predicted octanol–water partition coefficient (Wildman–Crippen LogP) is -0.436. The van der Waals surface area contributed by atoms with Gasteiger partial charge in [-0.1, -0.05) is 0 Å². The molecule has 174 valence electrons. The topological polar surface area (TPSA) is 168 Å². The molecule has 0 aromatic heterocycles. The summed E-state index contributed by atoms with van der Waals surface area (Å²) in [4.78, 5) is 32.6. The van der Waals surface area contributed by atoms with Gasteiger partial charge in [-0.25, -0.2) is 26.7 Å². The Morgan fingerprint density at radius 3 is 2.16 bits per heavy atom. The number of nitrogens with one attached hydrogen (secondary N) is 1. The Kier molecular flexibility index (Phi) is 9.54. The number of amides is 1. The summed E-state index contributed by atoms with van der Waals surface area (Å²) >= 11 is 0. The molecule has 2 rings (SSSR count). The number of sulfonamides is 1. The number of piperidine rings is 1. The lowest BCUT2D eigenvalue weighted by molar-refractivity contribution is -0.134. The van der Waals surface area contributed by atoms with E-state index in [4.69, 9.17) is 15.5 Å². The highest BCUT2D eigenvalue weighted by Gasteiger charge is 2.37. The maximum atomic E-state index is 13.4. The van der Waals surface area contributed by atoms with Gasteiger partial charge < -0.3 is 20.4 Å². The zero-order valence-electron chi connectivity index (χ0n) is 17.3. The summed E-state index contributed by atoms with van der Waals surface area (Å²) in [5.74, 6) is -2.80. The molecule has 2 aliphatic rings. The van der Waals surface area contributed by atoms with Crippen LogP contribution < -0.4 is 5.32 Å². The molecular weight excluding hydrogens is 435 g/mol. The first kappa shape index (κ1) is 26.5. The van der Waals surface area contributed by atoms with E-state index in [1.54, 1.807) is 0 Å². The first-order valence-electron chi connectivity index (χ1n) is 9.44. The first-order chi connectivity index (χ1) is 14.3. The van der Waals surface area contributed by atoms with Gasteiger partial charge in [-0.15, -0.1) is 0 Å². The van der Waals surface area contributed by atoms with Crippen molar-refractivity contribution in [3.63, 3.8) is 0 Å². The van der Waals surface area contributed by atoms with Crippen LogP contribution in [0, 0.1) is 11.3 Å². The molecule has 1 amide bonds. The van der Waals surface area contributed by atoms with Gasteiger partial charge in [-0.2, -0.15) is 5.26 Å². The molecule has 0 radical (unpaired) electrons. The molecule has 2 atom stereocenters. The van der Waals surface area contributed by atoms with E-state index in [2.05, 4.69) is 5.32 Å². The van der Waals surface area contributed by atoms with E-state index in [1.807, 2.05) is 13.0 Å². The van der Waals surface area contributed by atoms with Crippen LogP contribution in [0.2, 0.25) is 0 Å². The molecule has 13 heteroatoms. The molecular formula is C18H27FN4O7S. The van der Waals surface area contributed by atoms with Gasteiger partial charge in [0.15, 0.2) is 0 Å². The van der Waals surface area contributed by atoms with Gasteiger partial charge in [-0.3, -0.25) is 4.79 Å². The molecule has 11 nitrogen and oxygen atoms in total. The highest BCUT2D eigenvalue weighted by atomic mass is 32.2. The van der Waals surface area contributed by atoms with E-state index in [0.29, 0.717) is 38.1 Å². The Morgan fingerprint density at radius 2 is 1.74 bits per heavy atom. The van der Waals surface area contributed by atoms with Gasteiger partial charge >= 0.3 is 11.9 Å². The second-order valence-corrected chi connectivity index (χ2v) is 9.59. The Balaban J connectivity index is 0.000000512. The van der Waals surface area contributed by atoms with E-state index in [9.17, 15) is 27.2 Å². The third-order valence-electron chi connectivity index (χ3n) is 5.05. The number of hydrogen-bond acceptors (Lipinski definition) is 7. The lowest BCUT2D eigenvalue weighted by Crippen LogP contribution is -2.55. The van der Waals surface area contributed by atoms with Crippen LogP contribution >= 0.6 is 0 Å². The standard InChI is InChI=1S/C14H23FN4O3S.C4H4O4/c1-14(3-5-18(6-4-14)23(2,21)22)17-9-13(20)19-10-11(15)7-12(19)8-16;5-3(6)1-2-4(7)8/h11-12,17H,3-7,9-10H2,1-2H3;1-2H,(H,5,6)(H,7,8)/b;2-1+/t11-,12-;/m0./s1. The minimum absolute atomic E-state index is 0.0281. The number of aliphatic carboxylic acids is 2. The van der Waals surface area contributed by atoms with Crippen molar-refractivity contribution in [3.05, 3.63) is 12.2 Å². The van der Waals surface area contributed by atoms with Crippen LogP contribution in [-0.4, -0.2) is 95.9 Å². The molecule has 2 fully saturated rings. The first-order valence-corrected chi connectivity index (χ1v) is 11.3. The van der Waals surface area contributed by atoms with Crippen molar-refractivity contribution in [3.8, 4) is 6.07 Å². The molecule has 0 aromatic rings. The molecule has 2 heterocycles. The van der Waals surface area contributed by atoms with Crippen molar-refractivity contribution < 1.29 is 37.4 Å². The van der Waals surface area contributed by atoms with Crippen LogP contribution in [0.1, 0.15) is 26.2 Å². The number of nitrogens with zero attached hydrogens (tertiary/aromatic N) is 3. The molecule has 2 aliphatic heterocycles. The summed E-state index contributed by atoms with van der Waals surface area (Å²) in [5.41, 5.74) is -0.339. The number of alkyl halides is 1. The highest BCUT2D eigenvalue weighted by molar-refractivity contribution is 7.88. The van der Waals surface area contributed by atoms with Crippen LogP contribution in [-0.2, 0) is 24.4 Å². The summed E-state index contributed by atoms with van der Waals surface area (Å²) in [6.07, 6.45) is 2.43. The molecule has 0 saturated carbocycles. The van der Waals surface area contributed by atoms with E-state index in [0.717, 1.165) is 0 Å². The van der Waals surface area contributed by atoms with E-state index >= 15 is 0 Å². The zero-order valence-corrected chi connectivity index (χ0v) is 18.1. The van der Waals surface area contributed by atoms with Gasteiger partial charge in [0.2, 0.25) is 15.9 Å². The average Bonchev–Trinajstić information content (AvgIpc) is 3.05. The lowest BCUT2D eigenvalue weighted by Gasteiger charge is -2.39. The Labute approximate surface area is 180 Å². The van der Waals surface area contributed by atoms with Crippen molar-refractivity contribution in [1.29, 1.82) is 5.26 Å². The summed E-state index contributed by atoms with van der Waals surface area (Å²) in [6, 6.07) is 1.26. The summed E-state index contributed by atoms with van der Waals surface area (Å²) in [5, 5.41) is 27.8. The highest BCUT2D eigenvalue weighted by Crippen LogP contribution is 2.24. The molecule has 31 heavy (non-hydrogen) atoms. The second kappa shape index (κ2) is 11.2. The van der Waals surface area contributed by atoms with E-state index in [-0.39, 0.29) is 31.0 Å². The van der Waals surface area contributed by atoms with Crippen molar-refractivity contribution >= 4 is 27.9 Å². The smallest absolute Gasteiger partial charge is 0.328 e. The van der Waals surface area contributed by atoms with Crippen LogP contribution in [0.25, 0.3) is 0 Å². The Bertz CT molecular complexity index is 831. The minimum Gasteiger partial charge on any atom is -0.478 e. The van der Waals surface area contributed by atoms with Gasteiger partial charge in [0.25, 0.3) is 0 Å². The van der Waals surface area contributed by atoms with Crippen LogP contribution in [0.3, 0.4) is 0 Å². The van der Waals surface area contributed by atoms with Gasteiger partial charge in [0, 0.05) is 37.2 Å². The van der Waals surface area contributed by atoms with E-state index < -0.39 is 34.2 Å². The maximum absolute atomic E-state index is 13.4. The predicted molar refractivity (Wildman–Crippen MR) is 107 cm³/mol. The molecule has 0 aromatic carbocycles. The summed E-state index contributed by atoms with van der Waals surface area (Å²) < 4.78 is 37.8. The summed E-state index contributed by atoms with van der Waals surface area (Å²) in [6.45, 7) is 2.77. The molecule has 3 N–H and O–H groups in total. The van der Waals surface area contributed by atoms with Crippen molar-refractivity contribution in [2.45, 2.75) is 43.9 Å². The minimum atomic E-state index is -3.18. The number of carbonyl (C=O) groups excluding carboxylic acids is 1. The van der Waals surface area contributed by atoms with Gasteiger partial charge in [0.1, 0.15) is 12.2 Å². The average molecular weight is 463 g/mol. The maximum Gasteiger partial charge on any atom is 0.328 e. The number of carbonyl (C=O) groups is 3. The van der Waals surface area contributed by atoms with Crippen LogP contribution in [0.15, 0.2) is 12.2 Å². The number of rotatable bonds is 6. The van der Waals surface area contributed by atoms with Crippen molar-refractivity contribution in [2.24, 2.45) is 0 Å². The Hall–Kier alpha value is -2.56. The quantitative estimate of drug-likeness (QED) is 0.443. The normalized spacial score (nSPS) is 23.6. The van der Waals surface area contributed by atoms with E-state index in [1.165, 1.54) is 15.5 Å². The number of carboxylic acids is 2. The number of carboxylic acid groups (broad SMARTS) is 2.